The number of hydrogen-bond acceptors (Lipinski definition) is 4. The fourth-order valence-corrected chi connectivity index (χ4v) is 3.00. The van der Waals surface area contributed by atoms with Crippen molar-refractivity contribution in [3.63, 3.8) is 0 Å². The number of esters is 1. The van der Waals surface area contributed by atoms with E-state index in [-0.39, 0.29) is 40.3 Å². The second kappa shape index (κ2) is 7.29. The normalized spacial score (nSPS) is 21.5. The maximum Gasteiger partial charge on any atom is 0.340 e. The quantitative estimate of drug-likeness (QED) is 0.623. The van der Waals surface area contributed by atoms with E-state index in [1.807, 2.05) is 13.8 Å². The Bertz CT molecular complexity index is 570. The van der Waals surface area contributed by atoms with Gasteiger partial charge in [0.05, 0.1) is 10.6 Å². The van der Waals surface area contributed by atoms with Crippen LogP contribution in [0, 0.1) is 0 Å². The maximum atomic E-state index is 12.3. The molecule has 0 unspecified atom stereocenters. The molecule has 0 radical (unpaired) electrons. The number of ether oxygens (including phenoxy) is 1. The molecule has 0 saturated carbocycles. The molecule has 0 N–H and O–H groups in total. The smallest absolute Gasteiger partial charge is 0.340 e. The second-order valence-corrected chi connectivity index (χ2v) is 6.27. The molecule has 1 aromatic rings. The molecule has 1 aliphatic rings. The van der Waals surface area contributed by atoms with Crippen LogP contribution in [0.5, 0.6) is 0 Å². The molecule has 2 heterocycles. The molecule has 1 saturated heterocycles. The topological polar surface area (TPSA) is 59.5 Å². The van der Waals surface area contributed by atoms with Crippen molar-refractivity contribution in [1.82, 2.24) is 9.88 Å². The Kier molecular flexibility index (Phi) is 5.64. The predicted octanol–water partition coefficient (Wildman–Crippen LogP) is 3.33. The number of halogens is 2. The lowest BCUT2D eigenvalue weighted by atomic mass is 9.97. The number of carbonyl (C=O) groups excluding carboxylic acids is 2. The zero-order valence-corrected chi connectivity index (χ0v) is 14.0. The van der Waals surface area contributed by atoms with Gasteiger partial charge in [-0.2, -0.15) is 0 Å². The summed E-state index contributed by atoms with van der Waals surface area (Å²) in [4.78, 5) is 29.8. The molecule has 2 rings (SSSR count). The molecule has 0 aliphatic carbocycles. The average Bonchev–Trinajstić information content (AvgIpc) is 2.47. The Morgan fingerprint density at radius 2 is 1.95 bits per heavy atom. The lowest BCUT2D eigenvalue weighted by molar-refractivity contribution is -0.140. The third kappa shape index (κ3) is 3.90. The van der Waals surface area contributed by atoms with E-state index in [9.17, 15) is 9.59 Å². The predicted molar refractivity (Wildman–Crippen MR) is 84.2 cm³/mol. The molecule has 1 amide bonds. The first-order valence-electron chi connectivity index (χ1n) is 7.19. The van der Waals surface area contributed by atoms with Crippen LogP contribution in [0.1, 0.15) is 43.5 Å². The van der Waals surface area contributed by atoms with Crippen LogP contribution in [0.25, 0.3) is 0 Å². The first-order valence-corrected chi connectivity index (χ1v) is 7.95. The van der Waals surface area contributed by atoms with Gasteiger partial charge < -0.3 is 9.64 Å². The van der Waals surface area contributed by atoms with Gasteiger partial charge >= 0.3 is 5.97 Å². The standard InChI is InChI=1S/C15H18Cl2N2O3/c1-9-4-3-5-10(2)19(9)13(20)8-22-15(21)11-6-12(16)14(17)18-7-11/h6-7,9-10H,3-5,8H2,1-2H3/t9-,10+. The SMILES string of the molecule is C[C@@H]1CCC[C@H](C)N1C(=O)COC(=O)c1cnc(Cl)c(Cl)c1. The Balaban J connectivity index is 1.95. The van der Waals surface area contributed by atoms with E-state index in [4.69, 9.17) is 27.9 Å². The first-order chi connectivity index (χ1) is 10.4. The van der Waals surface area contributed by atoms with E-state index in [1.165, 1.54) is 12.3 Å². The van der Waals surface area contributed by atoms with Crippen LogP contribution < -0.4 is 0 Å². The van der Waals surface area contributed by atoms with Crippen molar-refractivity contribution >= 4 is 35.1 Å². The number of aromatic nitrogens is 1. The summed E-state index contributed by atoms with van der Waals surface area (Å²) in [6.07, 6.45) is 4.33. The number of carbonyl (C=O) groups is 2. The molecule has 1 aliphatic heterocycles. The van der Waals surface area contributed by atoms with Gasteiger partial charge in [-0.05, 0) is 39.2 Å². The number of pyridine rings is 1. The number of likely N-dealkylation sites (tertiary alicyclic amines) is 1. The van der Waals surface area contributed by atoms with E-state index < -0.39 is 5.97 Å². The summed E-state index contributed by atoms with van der Waals surface area (Å²) in [5.74, 6) is -0.821. The third-order valence-electron chi connectivity index (χ3n) is 3.84. The van der Waals surface area contributed by atoms with Crippen molar-refractivity contribution < 1.29 is 14.3 Å². The zero-order chi connectivity index (χ0) is 16.3. The molecule has 0 spiro atoms. The molecular weight excluding hydrogens is 327 g/mol. The van der Waals surface area contributed by atoms with Gasteiger partial charge in [0.15, 0.2) is 6.61 Å². The highest BCUT2D eigenvalue weighted by Gasteiger charge is 2.29. The van der Waals surface area contributed by atoms with Crippen LogP contribution in [0.15, 0.2) is 12.3 Å². The van der Waals surface area contributed by atoms with Crippen molar-refractivity contribution in [2.75, 3.05) is 6.61 Å². The Hall–Kier alpha value is -1.33. The van der Waals surface area contributed by atoms with Gasteiger partial charge in [0.25, 0.3) is 5.91 Å². The van der Waals surface area contributed by atoms with E-state index in [1.54, 1.807) is 4.90 Å². The number of amides is 1. The van der Waals surface area contributed by atoms with Crippen molar-refractivity contribution in [1.29, 1.82) is 0 Å². The highest BCUT2D eigenvalue weighted by Crippen LogP contribution is 2.23. The lowest BCUT2D eigenvalue weighted by Crippen LogP contribution is -2.49. The van der Waals surface area contributed by atoms with E-state index in [2.05, 4.69) is 4.98 Å². The summed E-state index contributed by atoms with van der Waals surface area (Å²) in [5.41, 5.74) is 0.168. The number of rotatable bonds is 3. The van der Waals surface area contributed by atoms with Crippen molar-refractivity contribution in [3.05, 3.63) is 28.0 Å². The third-order valence-corrected chi connectivity index (χ3v) is 4.53. The van der Waals surface area contributed by atoms with E-state index in [0.29, 0.717) is 0 Å². The summed E-state index contributed by atoms with van der Waals surface area (Å²) in [6, 6.07) is 1.71. The summed E-state index contributed by atoms with van der Waals surface area (Å²) in [6.45, 7) is 3.74. The molecule has 7 heteroatoms. The molecule has 22 heavy (non-hydrogen) atoms. The lowest BCUT2D eigenvalue weighted by Gasteiger charge is -2.38. The minimum absolute atomic E-state index is 0.116. The van der Waals surface area contributed by atoms with E-state index >= 15 is 0 Å². The monoisotopic (exact) mass is 344 g/mol. The van der Waals surface area contributed by atoms with Crippen LogP contribution in [0.3, 0.4) is 0 Å². The number of hydrogen-bond donors (Lipinski definition) is 0. The minimum Gasteiger partial charge on any atom is -0.452 e. The van der Waals surface area contributed by atoms with Crippen LogP contribution in [-0.4, -0.2) is 40.5 Å². The molecule has 0 aromatic carbocycles. The average molecular weight is 345 g/mol. The number of nitrogens with zero attached hydrogens (tertiary/aromatic N) is 2. The van der Waals surface area contributed by atoms with Gasteiger partial charge in [-0.3, -0.25) is 4.79 Å². The highest BCUT2D eigenvalue weighted by atomic mass is 35.5. The largest absolute Gasteiger partial charge is 0.452 e. The molecule has 1 fully saturated rings. The van der Waals surface area contributed by atoms with Crippen molar-refractivity contribution in [3.8, 4) is 0 Å². The van der Waals surface area contributed by atoms with Crippen LogP contribution >= 0.6 is 23.2 Å². The molecule has 5 nitrogen and oxygen atoms in total. The van der Waals surface area contributed by atoms with Gasteiger partial charge in [0.2, 0.25) is 0 Å². The summed E-state index contributed by atoms with van der Waals surface area (Å²) in [5, 5.41) is 0.283. The highest BCUT2D eigenvalue weighted by molar-refractivity contribution is 6.41. The molecule has 120 valence electrons. The van der Waals surface area contributed by atoms with Crippen molar-refractivity contribution in [2.24, 2.45) is 0 Å². The van der Waals surface area contributed by atoms with Gasteiger partial charge in [-0.25, -0.2) is 9.78 Å². The molecule has 2 atom stereocenters. The van der Waals surface area contributed by atoms with Crippen LogP contribution in [-0.2, 0) is 9.53 Å². The summed E-state index contributed by atoms with van der Waals surface area (Å²) < 4.78 is 5.06. The van der Waals surface area contributed by atoms with Crippen LogP contribution in [0.4, 0.5) is 0 Å². The Morgan fingerprint density at radius 3 is 2.55 bits per heavy atom. The fraction of sp³-hybridized carbons (Fsp3) is 0.533. The minimum atomic E-state index is -0.642. The first kappa shape index (κ1) is 17.0. The van der Waals surface area contributed by atoms with Gasteiger partial charge in [-0.1, -0.05) is 23.2 Å². The van der Waals surface area contributed by atoms with Gasteiger partial charge in [-0.15, -0.1) is 0 Å². The molecular formula is C15H18Cl2N2O3. The second-order valence-electron chi connectivity index (χ2n) is 5.50. The molecule has 0 bridgehead atoms. The molecule has 1 aromatic heterocycles. The summed E-state index contributed by atoms with van der Waals surface area (Å²) >= 11 is 11.5. The fourth-order valence-electron chi connectivity index (χ4n) is 2.73. The Morgan fingerprint density at radius 1 is 1.32 bits per heavy atom. The van der Waals surface area contributed by atoms with Gasteiger partial charge in [0, 0.05) is 18.3 Å². The van der Waals surface area contributed by atoms with E-state index in [0.717, 1.165) is 19.3 Å². The summed E-state index contributed by atoms with van der Waals surface area (Å²) in [7, 11) is 0. The van der Waals surface area contributed by atoms with Crippen LogP contribution in [0.2, 0.25) is 10.2 Å². The zero-order valence-electron chi connectivity index (χ0n) is 12.5. The number of piperidine rings is 1. The van der Waals surface area contributed by atoms with Crippen molar-refractivity contribution in [2.45, 2.75) is 45.2 Å². The maximum absolute atomic E-state index is 12.3. The van der Waals surface area contributed by atoms with Gasteiger partial charge in [0.1, 0.15) is 5.15 Å². The Labute approximate surface area is 139 Å².